The number of carboxylic acid groups (broad SMARTS) is 1. The van der Waals surface area contributed by atoms with Gasteiger partial charge in [0, 0.05) is 31.4 Å². The topological polar surface area (TPSA) is 112 Å². The monoisotopic (exact) mass is 335 g/mol. The predicted octanol–water partition coefficient (Wildman–Crippen LogP) is 0.0524. The highest BCUT2D eigenvalue weighted by Crippen LogP contribution is 2.38. The van der Waals surface area contributed by atoms with Gasteiger partial charge in [0.25, 0.3) is 5.91 Å². The summed E-state index contributed by atoms with van der Waals surface area (Å²) in [7, 11) is 1.38. The summed E-state index contributed by atoms with van der Waals surface area (Å²) in [5.41, 5.74) is -1.20. The lowest BCUT2D eigenvalue weighted by Crippen LogP contribution is -2.63. The Kier molecular flexibility index (Phi) is 4.31. The number of hydrogen-bond acceptors (Lipinski definition) is 5. The van der Waals surface area contributed by atoms with Crippen molar-refractivity contribution in [2.75, 3.05) is 26.7 Å². The number of aromatic nitrogens is 1. The number of nitrogens with one attached hydrogen (secondary N) is 2. The second-order valence-electron chi connectivity index (χ2n) is 6.37. The molecule has 0 aromatic carbocycles. The highest BCUT2D eigenvalue weighted by molar-refractivity contribution is 5.93. The molecule has 0 bridgehead atoms. The van der Waals surface area contributed by atoms with Crippen molar-refractivity contribution in [3.63, 3.8) is 0 Å². The number of fused-ring (bicyclic) bond motifs is 1. The van der Waals surface area contributed by atoms with Crippen molar-refractivity contribution in [3.8, 4) is 5.75 Å². The third-order valence-electron chi connectivity index (χ3n) is 5.06. The number of rotatable bonds is 3. The predicted molar refractivity (Wildman–Crippen MR) is 85.2 cm³/mol. The zero-order valence-electron chi connectivity index (χ0n) is 13.5. The zero-order chi connectivity index (χ0) is 17.3. The van der Waals surface area contributed by atoms with Gasteiger partial charge in [-0.15, -0.1) is 0 Å². The summed E-state index contributed by atoms with van der Waals surface area (Å²) in [6.45, 7) is 1.41. The van der Waals surface area contributed by atoms with Crippen molar-refractivity contribution in [2.45, 2.75) is 25.3 Å². The Hall–Kier alpha value is -2.35. The normalized spacial score (nSPS) is 26.5. The maximum Gasteiger partial charge on any atom is 0.313 e. The minimum Gasteiger partial charge on any atom is -0.491 e. The SMILES string of the molecule is COc1c[nH]c(C(=O)N2CC[C@H]3NCCC[C@]3(C(=O)O)C2)cc1=O. The Morgan fingerprint density at radius 2 is 2.25 bits per heavy atom. The second kappa shape index (κ2) is 6.27. The van der Waals surface area contributed by atoms with E-state index in [4.69, 9.17) is 4.74 Å². The van der Waals surface area contributed by atoms with Gasteiger partial charge >= 0.3 is 5.97 Å². The van der Waals surface area contributed by atoms with Crippen molar-refractivity contribution in [3.05, 3.63) is 28.2 Å². The first-order valence-corrected chi connectivity index (χ1v) is 8.01. The fourth-order valence-electron chi connectivity index (χ4n) is 3.73. The Morgan fingerprint density at radius 1 is 1.46 bits per heavy atom. The maximum absolute atomic E-state index is 12.7. The Labute approximate surface area is 138 Å². The highest BCUT2D eigenvalue weighted by atomic mass is 16.5. The molecule has 2 aliphatic heterocycles. The van der Waals surface area contributed by atoms with Gasteiger partial charge in [-0.05, 0) is 25.8 Å². The van der Waals surface area contributed by atoms with Crippen LogP contribution in [-0.2, 0) is 4.79 Å². The van der Waals surface area contributed by atoms with Crippen molar-refractivity contribution in [1.29, 1.82) is 0 Å². The first kappa shape index (κ1) is 16.5. The van der Waals surface area contributed by atoms with E-state index in [-0.39, 0.29) is 35.4 Å². The molecule has 0 spiro atoms. The third-order valence-corrected chi connectivity index (χ3v) is 5.06. The summed E-state index contributed by atoms with van der Waals surface area (Å²) in [6, 6.07) is 1.07. The molecule has 3 heterocycles. The van der Waals surface area contributed by atoms with Crippen molar-refractivity contribution in [2.24, 2.45) is 5.41 Å². The minimum atomic E-state index is -0.959. The molecule has 0 radical (unpaired) electrons. The average molecular weight is 335 g/mol. The average Bonchev–Trinajstić information content (AvgIpc) is 2.60. The van der Waals surface area contributed by atoms with E-state index in [2.05, 4.69) is 10.3 Å². The lowest BCUT2D eigenvalue weighted by molar-refractivity contribution is -0.156. The molecule has 8 nitrogen and oxygen atoms in total. The lowest BCUT2D eigenvalue weighted by Gasteiger charge is -2.48. The first-order valence-electron chi connectivity index (χ1n) is 8.01. The van der Waals surface area contributed by atoms with Gasteiger partial charge in [0.15, 0.2) is 5.75 Å². The van der Waals surface area contributed by atoms with E-state index in [0.717, 1.165) is 13.0 Å². The third kappa shape index (κ3) is 2.66. The van der Waals surface area contributed by atoms with Crippen LogP contribution in [0, 0.1) is 5.41 Å². The van der Waals surface area contributed by atoms with Gasteiger partial charge < -0.3 is 25.0 Å². The standard InChI is InChI=1S/C16H21N3O5/c1-24-12-8-18-10(7-11(12)20)14(21)19-6-3-13-16(9-19,15(22)23)4-2-5-17-13/h7-8,13,17H,2-6,9H2,1H3,(H,18,20)(H,22,23)/t13-,16+/m1/s1. The van der Waals surface area contributed by atoms with E-state index in [9.17, 15) is 19.5 Å². The molecule has 0 unspecified atom stereocenters. The number of aromatic amines is 1. The maximum atomic E-state index is 12.7. The van der Waals surface area contributed by atoms with Crippen LogP contribution in [0.15, 0.2) is 17.1 Å². The first-order chi connectivity index (χ1) is 11.5. The van der Waals surface area contributed by atoms with Gasteiger partial charge in [-0.2, -0.15) is 0 Å². The lowest BCUT2D eigenvalue weighted by atomic mass is 9.70. The number of likely N-dealkylation sites (tertiary alicyclic amines) is 1. The Balaban J connectivity index is 1.85. The number of carboxylic acids is 1. The molecule has 0 saturated carbocycles. The van der Waals surface area contributed by atoms with Crippen molar-refractivity contribution < 1.29 is 19.4 Å². The smallest absolute Gasteiger partial charge is 0.313 e. The van der Waals surface area contributed by atoms with Gasteiger partial charge in [0.2, 0.25) is 5.43 Å². The van der Waals surface area contributed by atoms with Crippen molar-refractivity contribution >= 4 is 11.9 Å². The highest BCUT2D eigenvalue weighted by Gasteiger charge is 2.51. The fraction of sp³-hybridized carbons (Fsp3) is 0.562. The number of amides is 1. The number of aliphatic carboxylic acids is 1. The van der Waals surface area contributed by atoms with Gasteiger partial charge in [-0.3, -0.25) is 14.4 Å². The van der Waals surface area contributed by atoms with Crippen LogP contribution in [0.2, 0.25) is 0 Å². The van der Waals surface area contributed by atoms with Crippen LogP contribution in [0.4, 0.5) is 0 Å². The van der Waals surface area contributed by atoms with E-state index in [1.807, 2.05) is 0 Å². The molecule has 1 aromatic heterocycles. The Morgan fingerprint density at radius 3 is 2.92 bits per heavy atom. The molecule has 2 fully saturated rings. The Bertz CT molecular complexity index is 716. The fourth-order valence-corrected chi connectivity index (χ4v) is 3.73. The number of H-pyrrole nitrogens is 1. The van der Waals surface area contributed by atoms with E-state index >= 15 is 0 Å². The van der Waals surface area contributed by atoms with Gasteiger partial charge in [0.05, 0.1) is 7.11 Å². The molecule has 3 N–H and O–H groups in total. The van der Waals surface area contributed by atoms with Crippen molar-refractivity contribution in [1.82, 2.24) is 15.2 Å². The number of carbonyl (C=O) groups excluding carboxylic acids is 1. The number of hydrogen-bond donors (Lipinski definition) is 3. The molecule has 24 heavy (non-hydrogen) atoms. The molecule has 1 amide bonds. The van der Waals surface area contributed by atoms with Crippen LogP contribution >= 0.6 is 0 Å². The number of ether oxygens (including phenoxy) is 1. The van der Waals surface area contributed by atoms with E-state index in [0.29, 0.717) is 19.4 Å². The number of methoxy groups -OCH3 is 1. The largest absolute Gasteiger partial charge is 0.491 e. The molecular formula is C16H21N3O5. The molecule has 2 aliphatic rings. The van der Waals surface area contributed by atoms with E-state index < -0.39 is 11.4 Å². The number of carbonyl (C=O) groups is 2. The summed E-state index contributed by atoms with van der Waals surface area (Å²) in [5, 5.41) is 13.0. The summed E-state index contributed by atoms with van der Waals surface area (Å²) in [6.07, 6.45) is 3.24. The summed E-state index contributed by atoms with van der Waals surface area (Å²) in [4.78, 5) is 40.7. The van der Waals surface area contributed by atoms with Crippen LogP contribution in [0.5, 0.6) is 5.75 Å². The minimum absolute atomic E-state index is 0.122. The zero-order valence-corrected chi connectivity index (χ0v) is 13.5. The molecular weight excluding hydrogens is 314 g/mol. The second-order valence-corrected chi connectivity index (χ2v) is 6.37. The molecule has 1 aromatic rings. The van der Waals surface area contributed by atoms with E-state index in [1.165, 1.54) is 24.3 Å². The number of piperidine rings is 2. The molecule has 2 atom stereocenters. The molecule has 8 heteroatoms. The van der Waals surface area contributed by atoms with Gasteiger partial charge in [-0.1, -0.05) is 0 Å². The van der Waals surface area contributed by atoms with Crippen LogP contribution in [-0.4, -0.2) is 59.7 Å². The van der Waals surface area contributed by atoms with Crippen LogP contribution in [0.25, 0.3) is 0 Å². The summed E-state index contributed by atoms with van der Waals surface area (Å²) in [5.74, 6) is -1.11. The number of nitrogens with zero attached hydrogens (tertiary/aromatic N) is 1. The van der Waals surface area contributed by atoms with Crippen LogP contribution in [0.3, 0.4) is 0 Å². The van der Waals surface area contributed by atoms with Crippen LogP contribution < -0.4 is 15.5 Å². The summed E-state index contributed by atoms with van der Waals surface area (Å²) < 4.78 is 4.89. The molecule has 130 valence electrons. The number of pyridine rings is 1. The summed E-state index contributed by atoms with van der Waals surface area (Å²) >= 11 is 0. The van der Waals surface area contributed by atoms with Gasteiger partial charge in [0.1, 0.15) is 11.1 Å². The molecule has 3 rings (SSSR count). The quantitative estimate of drug-likeness (QED) is 0.720. The van der Waals surface area contributed by atoms with Crippen LogP contribution in [0.1, 0.15) is 29.8 Å². The molecule has 0 aliphatic carbocycles. The molecule has 2 saturated heterocycles. The van der Waals surface area contributed by atoms with Gasteiger partial charge in [-0.25, -0.2) is 0 Å². The van der Waals surface area contributed by atoms with E-state index in [1.54, 1.807) is 0 Å².